The summed E-state index contributed by atoms with van der Waals surface area (Å²) in [5.74, 6) is -0.213. The SMILES string of the molecule is CCCNC(C)(CCCOCCOCC)C(=O)OC. The van der Waals surface area contributed by atoms with Crippen molar-refractivity contribution in [2.45, 2.75) is 45.6 Å². The number of hydrogen-bond acceptors (Lipinski definition) is 5. The van der Waals surface area contributed by atoms with Crippen molar-refractivity contribution >= 4 is 5.97 Å². The standard InChI is InChI=1S/C14H29NO4/c1-5-9-15-14(3,13(16)17-4)8-7-10-19-12-11-18-6-2/h15H,5-12H2,1-4H3. The second kappa shape index (κ2) is 11.2. The zero-order chi connectivity index (χ0) is 14.6. The lowest BCUT2D eigenvalue weighted by Gasteiger charge is -2.28. The third-order valence-electron chi connectivity index (χ3n) is 2.94. The highest BCUT2D eigenvalue weighted by molar-refractivity contribution is 5.80. The van der Waals surface area contributed by atoms with Crippen molar-refractivity contribution < 1.29 is 19.0 Å². The summed E-state index contributed by atoms with van der Waals surface area (Å²) in [6, 6.07) is 0. The fraction of sp³-hybridized carbons (Fsp3) is 0.929. The number of carbonyl (C=O) groups excluding carboxylic acids is 1. The van der Waals surface area contributed by atoms with Crippen LogP contribution in [0.3, 0.4) is 0 Å². The summed E-state index contributed by atoms with van der Waals surface area (Å²) >= 11 is 0. The van der Waals surface area contributed by atoms with Crippen LogP contribution in [-0.2, 0) is 19.0 Å². The minimum absolute atomic E-state index is 0.213. The number of carbonyl (C=O) groups is 1. The van der Waals surface area contributed by atoms with Crippen molar-refractivity contribution in [3.8, 4) is 0 Å². The molecule has 0 aliphatic carbocycles. The molecule has 0 saturated carbocycles. The van der Waals surface area contributed by atoms with Gasteiger partial charge in [-0.1, -0.05) is 6.92 Å². The predicted molar refractivity (Wildman–Crippen MR) is 75.3 cm³/mol. The minimum atomic E-state index is -0.617. The molecule has 0 heterocycles. The number of methoxy groups -OCH3 is 1. The van der Waals surface area contributed by atoms with Gasteiger partial charge in [0.25, 0.3) is 0 Å². The monoisotopic (exact) mass is 275 g/mol. The highest BCUT2D eigenvalue weighted by atomic mass is 16.5. The molecule has 0 aromatic carbocycles. The first-order valence-electron chi connectivity index (χ1n) is 7.09. The molecule has 1 atom stereocenters. The molecule has 0 aromatic heterocycles. The molecule has 5 heteroatoms. The van der Waals surface area contributed by atoms with Gasteiger partial charge in [-0.2, -0.15) is 0 Å². The highest BCUT2D eigenvalue weighted by Crippen LogP contribution is 2.14. The van der Waals surface area contributed by atoms with Crippen LogP contribution in [0.2, 0.25) is 0 Å². The van der Waals surface area contributed by atoms with E-state index in [0.29, 0.717) is 32.8 Å². The Kier molecular flexibility index (Phi) is 10.8. The normalized spacial score (nSPS) is 14.1. The molecule has 1 unspecified atom stereocenters. The Bertz CT molecular complexity index is 235. The smallest absolute Gasteiger partial charge is 0.325 e. The summed E-state index contributed by atoms with van der Waals surface area (Å²) in [5.41, 5.74) is -0.617. The zero-order valence-corrected chi connectivity index (χ0v) is 12.8. The Balaban J connectivity index is 3.89. The van der Waals surface area contributed by atoms with Crippen LogP contribution in [-0.4, -0.2) is 51.6 Å². The van der Waals surface area contributed by atoms with Crippen molar-refractivity contribution in [1.29, 1.82) is 0 Å². The van der Waals surface area contributed by atoms with Gasteiger partial charge in [0, 0.05) is 13.2 Å². The summed E-state index contributed by atoms with van der Waals surface area (Å²) in [6.45, 7) is 9.29. The Labute approximate surface area is 117 Å². The van der Waals surface area contributed by atoms with Crippen LogP contribution in [0.1, 0.15) is 40.0 Å². The van der Waals surface area contributed by atoms with Gasteiger partial charge in [-0.05, 0) is 39.7 Å². The number of ether oxygens (including phenoxy) is 3. The van der Waals surface area contributed by atoms with Crippen LogP contribution in [0.15, 0.2) is 0 Å². The van der Waals surface area contributed by atoms with Crippen LogP contribution >= 0.6 is 0 Å². The number of nitrogens with one attached hydrogen (secondary N) is 1. The fourth-order valence-electron chi connectivity index (χ4n) is 1.78. The summed E-state index contributed by atoms with van der Waals surface area (Å²) in [7, 11) is 1.42. The van der Waals surface area contributed by atoms with E-state index in [9.17, 15) is 4.79 Å². The first kappa shape index (κ1) is 18.4. The molecule has 0 amide bonds. The quantitative estimate of drug-likeness (QED) is 0.434. The van der Waals surface area contributed by atoms with E-state index in [1.165, 1.54) is 7.11 Å². The van der Waals surface area contributed by atoms with Gasteiger partial charge in [-0.15, -0.1) is 0 Å². The molecule has 0 aliphatic heterocycles. The average Bonchev–Trinajstić information content (AvgIpc) is 2.43. The molecular formula is C14H29NO4. The maximum absolute atomic E-state index is 11.8. The van der Waals surface area contributed by atoms with Crippen LogP contribution < -0.4 is 5.32 Å². The molecule has 0 rings (SSSR count). The van der Waals surface area contributed by atoms with Gasteiger partial charge >= 0.3 is 5.97 Å². The van der Waals surface area contributed by atoms with Crippen molar-refractivity contribution in [3.05, 3.63) is 0 Å². The summed E-state index contributed by atoms with van der Waals surface area (Å²) in [6.07, 6.45) is 2.50. The molecule has 19 heavy (non-hydrogen) atoms. The molecule has 5 nitrogen and oxygen atoms in total. The first-order chi connectivity index (χ1) is 9.10. The predicted octanol–water partition coefficient (Wildman–Crippen LogP) is 1.75. The van der Waals surface area contributed by atoms with E-state index in [1.54, 1.807) is 0 Å². The summed E-state index contributed by atoms with van der Waals surface area (Å²) in [5, 5.41) is 3.25. The minimum Gasteiger partial charge on any atom is -0.468 e. The van der Waals surface area contributed by atoms with Crippen molar-refractivity contribution in [2.75, 3.05) is 40.1 Å². The second-order valence-electron chi connectivity index (χ2n) is 4.66. The van der Waals surface area contributed by atoms with E-state index < -0.39 is 5.54 Å². The maximum atomic E-state index is 11.8. The molecule has 0 fully saturated rings. The number of rotatable bonds is 12. The zero-order valence-electron chi connectivity index (χ0n) is 12.8. The molecular weight excluding hydrogens is 246 g/mol. The lowest BCUT2D eigenvalue weighted by Crippen LogP contribution is -2.50. The second-order valence-corrected chi connectivity index (χ2v) is 4.66. The van der Waals surface area contributed by atoms with Crippen LogP contribution in [0, 0.1) is 0 Å². The Morgan fingerprint density at radius 3 is 2.42 bits per heavy atom. The van der Waals surface area contributed by atoms with Crippen molar-refractivity contribution in [3.63, 3.8) is 0 Å². The van der Waals surface area contributed by atoms with E-state index in [2.05, 4.69) is 12.2 Å². The first-order valence-corrected chi connectivity index (χ1v) is 7.09. The summed E-state index contributed by atoms with van der Waals surface area (Å²) < 4.78 is 15.5. The van der Waals surface area contributed by atoms with Crippen molar-refractivity contribution in [1.82, 2.24) is 5.32 Å². The van der Waals surface area contributed by atoms with E-state index >= 15 is 0 Å². The molecule has 0 aromatic rings. The molecule has 0 saturated heterocycles. The Morgan fingerprint density at radius 2 is 1.84 bits per heavy atom. The highest BCUT2D eigenvalue weighted by Gasteiger charge is 2.32. The van der Waals surface area contributed by atoms with Crippen LogP contribution in [0.5, 0.6) is 0 Å². The maximum Gasteiger partial charge on any atom is 0.325 e. The van der Waals surface area contributed by atoms with Gasteiger partial charge in [-0.25, -0.2) is 0 Å². The van der Waals surface area contributed by atoms with Crippen LogP contribution in [0.4, 0.5) is 0 Å². The average molecular weight is 275 g/mol. The van der Waals surface area contributed by atoms with Gasteiger partial charge in [-0.3, -0.25) is 4.79 Å². The third kappa shape index (κ3) is 8.18. The Hall–Kier alpha value is -0.650. The van der Waals surface area contributed by atoms with E-state index in [0.717, 1.165) is 19.4 Å². The van der Waals surface area contributed by atoms with Gasteiger partial charge in [0.05, 0.1) is 20.3 Å². The van der Waals surface area contributed by atoms with Gasteiger partial charge in [0.15, 0.2) is 0 Å². The molecule has 0 spiro atoms. The topological polar surface area (TPSA) is 56.8 Å². The van der Waals surface area contributed by atoms with Gasteiger partial charge in [0.1, 0.15) is 5.54 Å². The molecule has 0 radical (unpaired) electrons. The molecule has 0 aliphatic rings. The third-order valence-corrected chi connectivity index (χ3v) is 2.94. The lowest BCUT2D eigenvalue weighted by molar-refractivity contribution is -0.148. The lowest BCUT2D eigenvalue weighted by atomic mass is 9.96. The molecule has 114 valence electrons. The summed E-state index contributed by atoms with van der Waals surface area (Å²) in [4.78, 5) is 11.8. The largest absolute Gasteiger partial charge is 0.468 e. The number of hydrogen-bond donors (Lipinski definition) is 1. The fourth-order valence-corrected chi connectivity index (χ4v) is 1.78. The van der Waals surface area contributed by atoms with Gasteiger partial charge in [0.2, 0.25) is 0 Å². The van der Waals surface area contributed by atoms with Crippen molar-refractivity contribution in [2.24, 2.45) is 0 Å². The number of esters is 1. The Morgan fingerprint density at radius 1 is 1.16 bits per heavy atom. The van der Waals surface area contributed by atoms with Crippen LogP contribution in [0.25, 0.3) is 0 Å². The van der Waals surface area contributed by atoms with E-state index in [-0.39, 0.29) is 5.97 Å². The molecule has 0 bridgehead atoms. The van der Waals surface area contributed by atoms with E-state index in [4.69, 9.17) is 14.2 Å². The van der Waals surface area contributed by atoms with E-state index in [1.807, 2.05) is 13.8 Å². The molecule has 1 N–H and O–H groups in total. The van der Waals surface area contributed by atoms with Gasteiger partial charge < -0.3 is 19.5 Å².